The van der Waals surface area contributed by atoms with E-state index in [1.165, 1.54) is 17.9 Å². The van der Waals surface area contributed by atoms with Crippen molar-refractivity contribution in [2.45, 2.75) is 19.8 Å². The van der Waals surface area contributed by atoms with Crippen LogP contribution < -0.4 is 0 Å². The Morgan fingerprint density at radius 2 is 2.17 bits per heavy atom. The van der Waals surface area contributed by atoms with Gasteiger partial charge in [-0.3, -0.25) is 0 Å². The van der Waals surface area contributed by atoms with E-state index in [0.29, 0.717) is 6.42 Å². The lowest BCUT2D eigenvalue weighted by Gasteiger charge is -2.13. The Kier molecular flexibility index (Phi) is 8.74. The van der Waals surface area contributed by atoms with Crippen LogP contribution in [0.2, 0.25) is 0 Å². The summed E-state index contributed by atoms with van der Waals surface area (Å²) in [5.41, 5.74) is 0. The lowest BCUT2D eigenvalue weighted by molar-refractivity contribution is 0.344. The van der Waals surface area contributed by atoms with Gasteiger partial charge in [0, 0.05) is 13.0 Å². The fourth-order valence-corrected chi connectivity index (χ4v) is 1.56. The molecule has 0 aromatic carbocycles. The molecule has 2 nitrogen and oxygen atoms in total. The van der Waals surface area contributed by atoms with Gasteiger partial charge in [-0.1, -0.05) is 6.92 Å². The van der Waals surface area contributed by atoms with E-state index in [2.05, 4.69) is 24.9 Å². The molecule has 0 rings (SSSR count). The predicted molar refractivity (Wildman–Crippen MR) is 55.3 cm³/mol. The molecule has 0 aromatic heterocycles. The van der Waals surface area contributed by atoms with E-state index in [9.17, 15) is 0 Å². The molecule has 12 heavy (non-hydrogen) atoms. The van der Waals surface area contributed by atoms with Gasteiger partial charge >= 0.3 is 0 Å². The van der Waals surface area contributed by atoms with Crippen LogP contribution in [-0.4, -0.2) is 36.5 Å². The standard InChI is InChI=1S/C9H18N2S/c1-3-12-9-5-8-11(2)7-4-6-10/h3-5,7-9H2,1-2H3. The maximum absolute atomic E-state index is 8.34. The third kappa shape index (κ3) is 7.90. The second-order valence-electron chi connectivity index (χ2n) is 2.76. The predicted octanol–water partition coefficient (Wildman–Crippen LogP) is 1.98. The molecule has 0 spiro atoms. The second kappa shape index (κ2) is 8.89. The molecule has 3 heteroatoms. The average Bonchev–Trinajstić information content (AvgIpc) is 2.09. The lowest BCUT2D eigenvalue weighted by atomic mass is 10.4. The molecule has 0 radical (unpaired) electrons. The van der Waals surface area contributed by atoms with Crippen molar-refractivity contribution >= 4 is 11.8 Å². The molecule has 0 saturated heterocycles. The van der Waals surface area contributed by atoms with E-state index in [4.69, 9.17) is 5.26 Å². The van der Waals surface area contributed by atoms with Crippen LogP contribution in [0.1, 0.15) is 19.8 Å². The summed E-state index contributed by atoms with van der Waals surface area (Å²) >= 11 is 1.98. The van der Waals surface area contributed by atoms with Gasteiger partial charge in [0.2, 0.25) is 0 Å². The molecule has 0 aliphatic carbocycles. The number of nitriles is 1. The molecule has 70 valence electrons. The Morgan fingerprint density at radius 1 is 1.42 bits per heavy atom. The summed E-state index contributed by atoms with van der Waals surface area (Å²) in [7, 11) is 2.08. The van der Waals surface area contributed by atoms with E-state index in [1.54, 1.807) is 0 Å². The van der Waals surface area contributed by atoms with Crippen LogP contribution in [0, 0.1) is 11.3 Å². The minimum absolute atomic E-state index is 0.650. The molecule has 0 aliphatic rings. The molecule has 0 bridgehead atoms. The van der Waals surface area contributed by atoms with Gasteiger partial charge in [0.1, 0.15) is 0 Å². The normalized spacial score (nSPS) is 10.2. The van der Waals surface area contributed by atoms with Crippen LogP contribution in [0.4, 0.5) is 0 Å². The van der Waals surface area contributed by atoms with Crippen LogP contribution >= 0.6 is 11.8 Å². The Morgan fingerprint density at radius 3 is 2.75 bits per heavy atom. The van der Waals surface area contributed by atoms with Crippen molar-refractivity contribution in [2.24, 2.45) is 0 Å². The van der Waals surface area contributed by atoms with Crippen molar-refractivity contribution in [3.05, 3.63) is 0 Å². The first kappa shape index (κ1) is 11.8. The number of thioether (sulfide) groups is 1. The van der Waals surface area contributed by atoms with Crippen molar-refractivity contribution in [1.29, 1.82) is 5.26 Å². The van der Waals surface area contributed by atoms with E-state index in [-0.39, 0.29) is 0 Å². The van der Waals surface area contributed by atoms with Crippen molar-refractivity contribution in [2.75, 3.05) is 31.6 Å². The SMILES string of the molecule is CCSCCCN(C)CCC#N. The zero-order valence-corrected chi connectivity index (χ0v) is 8.86. The summed E-state index contributed by atoms with van der Waals surface area (Å²) in [4.78, 5) is 2.22. The van der Waals surface area contributed by atoms with Gasteiger partial charge in [0.25, 0.3) is 0 Å². The van der Waals surface area contributed by atoms with Crippen LogP contribution in [0.5, 0.6) is 0 Å². The number of rotatable bonds is 7. The Hall–Kier alpha value is -0.200. The highest BCUT2D eigenvalue weighted by molar-refractivity contribution is 7.99. The molecule has 0 unspecified atom stereocenters. The van der Waals surface area contributed by atoms with E-state index in [0.717, 1.165) is 13.1 Å². The van der Waals surface area contributed by atoms with E-state index in [1.807, 2.05) is 11.8 Å². The summed E-state index contributed by atoms with van der Waals surface area (Å²) in [6, 6.07) is 2.15. The number of nitrogens with zero attached hydrogens (tertiary/aromatic N) is 2. The molecule has 0 heterocycles. The first-order valence-electron chi connectivity index (χ1n) is 4.44. The summed E-state index contributed by atoms with van der Waals surface area (Å²) in [6.07, 6.45) is 1.89. The lowest BCUT2D eigenvalue weighted by Crippen LogP contribution is -2.21. The van der Waals surface area contributed by atoms with E-state index >= 15 is 0 Å². The number of hydrogen-bond donors (Lipinski definition) is 0. The molecular formula is C9H18N2S. The van der Waals surface area contributed by atoms with Gasteiger partial charge in [0.15, 0.2) is 0 Å². The maximum Gasteiger partial charge on any atom is 0.0635 e. The molecule has 0 aromatic rings. The smallest absolute Gasteiger partial charge is 0.0635 e. The van der Waals surface area contributed by atoms with Crippen LogP contribution in [-0.2, 0) is 0 Å². The topological polar surface area (TPSA) is 27.0 Å². The highest BCUT2D eigenvalue weighted by atomic mass is 32.2. The van der Waals surface area contributed by atoms with Gasteiger partial charge in [0.05, 0.1) is 6.07 Å². The third-order valence-corrected chi connectivity index (χ3v) is 2.62. The van der Waals surface area contributed by atoms with Gasteiger partial charge in [-0.25, -0.2) is 0 Å². The number of hydrogen-bond acceptors (Lipinski definition) is 3. The molecular weight excluding hydrogens is 168 g/mol. The van der Waals surface area contributed by atoms with Crippen molar-refractivity contribution in [1.82, 2.24) is 4.90 Å². The molecule has 0 saturated carbocycles. The summed E-state index contributed by atoms with van der Waals surface area (Å²) in [5, 5.41) is 8.34. The van der Waals surface area contributed by atoms with Gasteiger partial charge < -0.3 is 4.90 Å². The van der Waals surface area contributed by atoms with Crippen LogP contribution in [0.25, 0.3) is 0 Å². The van der Waals surface area contributed by atoms with Crippen molar-refractivity contribution < 1.29 is 0 Å². The molecule has 0 aliphatic heterocycles. The fourth-order valence-electron chi connectivity index (χ4n) is 0.934. The zero-order chi connectivity index (χ0) is 9.23. The van der Waals surface area contributed by atoms with Gasteiger partial charge in [-0.05, 0) is 31.5 Å². The monoisotopic (exact) mass is 186 g/mol. The highest BCUT2D eigenvalue weighted by Crippen LogP contribution is 2.01. The first-order chi connectivity index (χ1) is 5.81. The molecule has 0 N–H and O–H groups in total. The maximum atomic E-state index is 8.34. The summed E-state index contributed by atoms with van der Waals surface area (Å²) in [6.45, 7) is 4.21. The molecule has 0 atom stereocenters. The van der Waals surface area contributed by atoms with Crippen LogP contribution in [0.15, 0.2) is 0 Å². The van der Waals surface area contributed by atoms with Gasteiger partial charge in [-0.15, -0.1) is 0 Å². The van der Waals surface area contributed by atoms with Crippen molar-refractivity contribution in [3.63, 3.8) is 0 Å². The highest BCUT2D eigenvalue weighted by Gasteiger charge is 1.96. The first-order valence-corrected chi connectivity index (χ1v) is 5.60. The second-order valence-corrected chi connectivity index (χ2v) is 4.16. The minimum atomic E-state index is 0.650. The van der Waals surface area contributed by atoms with Gasteiger partial charge in [-0.2, -0.15) is 17.0 Å². The largest absolute Gasteiger partial charge is 0.305 e. The fraction of sp³-hybridized carbons (Fsp3) is 0.889. The molecule has 0 amide bonds. The zero-order valence-electron chi connectivity index (χ0n) is 8.05. The molecule has 0 fully saturated rings. The van der Waals surface area contributed by atoms with Crippen LogP contribution in [0.3, 0.4) is 0 Å². The quantitative estimate of drug-likeness (QED) is 0.569. The summed E-state index contributed by atoms with van der Waals surface area (Å²) < 4.78 is 0. The Balaban J connectivity index is 3.09. The van der Waals surface area contributed by atoms with E-state index < -0.39 is 0 Å². The average molecular weight is 186 g/mol. The van der Waals surface area contributed by atoms with Crippen molar-refractivity contribution in [3.8, 4) is 6.07 Å². The third-order valence-electron chi connectivity index (χ3n) is 1.64. The Bertz CT molecular complexity index is 131. The Labute approximate surface area is 79.9 Å². The minimum Gasteiger partial charge on any atom is -0.305 e. The summed E-state index contributed by atoms with van der Waals surface area (Å²) in [5.74, 6) is 2.45.